The zero-order valence-corrected chi connectivity index (χ0v) is 15.0. The van der Waals surface area contributed by atoms with Crippen LogP contribution >= 0.6 is 34.8 Å². The molecule has 7 heteroatoms. The van der Waals surface area contributed by atoms with Gasteiger partial charge in [-0.15, -0.1) is 11.6 Å². The first-order valence-corrected chi connectivity index (χ1v) is 9.56. The number of hydrogen-bond acceptors (Lipinski definition) is 2. The average Bonchev–Trinajstić information content (AvgIpc) is 3.19. The molecule has 0 N–H and O–H groups in total. The van der Waals surface area contributed by atoms with E-state index in [-0.39, 0.29) is 21.8 Å². The van der Waals surface area contributed by atoms with Gasteiger partial charge in [-0.25, -0.2) is 8.42 Å². The highest BCUT2D eigenvalue weighted by Gasteiger charge is 2.34. The van der Waals surface area contributed by atoms with Gasteiger partial charge >= 0.3 is 0 Å². The third-order valence-electron chi connectivity index (χ3n) is 3.54. The summed E-state index contributed by atoms with van der Waals surface area (Å²) in [6.45, 7) is 4.27. The fourth-order valence-electron chi connectivity index (χ4n) is 2.14. The van der Waals surface area contributed by atoms with Crippen LogP contribution in [-0.4, -0.2) is 25.3 Å². The van der Waals surface area contributed by atoms with Gasteiger partial charge in [0, 0.05) is 23.5 Å². The van der Waals surface area contributed by atoms with Gasteiger partial charge in [0.1, 0.15) is 4.90 Å². The number of benzene rings is 1. The Bertz CT molecular complexity index is 627. The topological polar surface area (TPSA) is 37.4 Å². The predicted octanol–water partition coefficient (Wildman–Crippen LogP) is 4.54. The van der Waals surface area contributed by atoms with Crippen molar-refractivity contribution in [1.29, 1.82) is 0 Å². The van der Waals surface area contributed by atoms with E-state index in [2.05, 4.69) is 0 Å². The van der Waals surface area contributed by atoms with Gasteiger partial charge in [-0.1, -0.05) is 23.2 Å². The maximum absolute atomic E-state index is 12.9. The normalized spacial score (nSPS) is 16.0. The Morgan fingerprint density at radius 3 is 2.33 bits per heavy atom. The Hall–Kier alpha value is -0.000000000000000111. The monoisotopic (exact) mass is 369 g/mol. The van der Waals surface area contributed by atoms with E-state index in [1.165, 1.54) is 16.4 Å². The summed E-state index contributed by atoms with van der Waals surface area (Å²) in [4.78, 5) is 0.0820. The van der Waals surface area contributed by atoms with Crippen LogP contribution in [0.25, 0.3) is 0 Å². The van der Waals surface area contributed by atoms with Crippen LogP contribution in [0.1, 0.15) is 32.3 Å². The predicted molar refractivity (Wildman–Crippen MR) is 87.8 cm³/mol. The van der Waals surface area contributed by atoms with Gasteiger partial charge in [0.2, 0.25) is 10.0 Å². The van der Waals surface area contributed by atoms with E-state index in [9.17, 15) is 8.42 Å². The Kier molecular flexibility index (Phi) is 5.48. The van der Waals surface area contributed by atoms with Crippen molar-refractivity contribution in [2.75, 3.05) is 6.54 Å². The van der Waals surface area contributed by atoms with Gasteiger partial charge in [0.25, 0.3) is 0 Å². The molecule has 1 fully saturated rings. The van der Waals surface area contributed by atoms with Crippen LogP contribution in [0.4, 0.5) is 0 Å². The van der Waals surface area contributed by atoms with Gasteiger partial charge in [-0.05, 0) is 50.3 Å². The van der Waals surface area contributed by atoms with E-state index in [1.54, 1.807) is 0 Å². The standard InChI is InChI=1S/C14H18Cl3NO2S/c1-9(2)18(8-10-3-4-10)21(19,20)14-5-11(7-15)12(16)6-13(14)17/h5-6,9-10H,3-4,7-8H2,1-2H3. The molecule has 1 aromatic carbocycles. The number of hydrogen-bond donors (Lipinski definition) is 0. The molecule has 0 heterocycles. The Morgan fingerprint density at radius 1 is 1.24 bits per heavy atom. The highest BCUT2D eigenvalue weighted by molar-refractivity contribution is 7.89. The minimum Gasteiger partial charge on any atom is -0.207 e. The van der Waals surface area contributed by atoms with E-state index < -0.39 is 10.0 Å². The maximum atomic E-state index is 12.9. The maximum Gasteiger partial charge on any atom is 0.244 e. The molecule has 3 nitrogen and oxygen atoms in total. The van der Waals surface area contributed by atoms with Gasteiger partial charge in [0.15, 0.2) is 0 Å². The zero-order chi connectivity index (χ0) is 15.8. The van der Waals surface area contributed by atoms with Crippen LogP contribution in [0.5, 0.6) is 0 Å². The van der Waals surface area contributed by atoms with Crippen LogP contribution in [-0.2, 0) is 15.9 Å². The molecular formula is C14H18Cl3NO2S. The van der Waals surface area contributed by atoms with E-state index in [1.807, 2.05) is 13.8 Å². The SMILES string of the molecule is CC(C)N(CC1CC1)S(=O)(=O)c1cc(CCl)c(Cl)cc1Cl. The van der Waals surface area contributed by atoms with Crippen molar-refractivity contribution in [2.24, 2.45) is 5.92 Å². The first-order chi connectivity index (χ1) is 9.77. The summed E-state index contributed by atoms with van der Waals surface area (Å²) in [7, 11) is -3.65. The van der Waals surface area contributed by atoms with Crippen molar-refractivity contribution in [3.05, 3.63) is 27.7 Å². The first kappa shape index (κ1) is 17.4. The molecule has 21 heavy (non-hydrogen) atoms. The molecule has 0 atom stereocenters. The smallest absolute Gasteiger partial charge is 0.207 e. The summed E-state index contributed by atoms with van der Waals surface area (Å²) in [6.07, 6.45) is 2.17. The Balaban J connectivity index is 2.45. The van der Waals surface area contributed by atoms with Crippen LogP contribution in [0, 0.1) is 5.92 Å². The van der Waals surface area contributed by atoms with E-state index in [0.29, 0.717) is 23.0 Å². The molecule has 1 aromatic rings. The van der Waals surface area contributed by atoms with Gasteiger partial charge in [0.05, 0.1) is 5.02 Å². The molecular weight excluding hydrogens is 353 g/mol. The van der Waals surface area contributed by atoms with Crippen molar-refractivity contribution in [3.63, 3.8) is 0 Å². The number of alkyl halides is 1. The third kappa shape index (κ3) is 3.85. The van der Waals surface area contributed by atoms with Crippen LogP contribution in [0.2, 0.25) is 10.0 Å². The van der Waals surface area contributed by atoms with E-state index in [0.717, 1.165) is 12.8 Å². The van der Waals surface area contributed by atoms with E-state index >= 15 is 0 Å². The molecule has 1 saturated carbocycles. The number of halogens is 3. The second-order valence-corrected chi connectivity index (χ2v) is 8.56. The third-order valence-corrected chi connectivity index (χ3v) is 6.69. The lowest BCUT2D eigenvalue weighted by Crippen LogP contribution is -2.38. The van der Waals surface area contributed by atoms with Crippen molar-refractivity contribution in [3.8, 4) is 0 Å². The fourth-order valence-corrected chi connectivity index (χ4v) is 4.98. The molecule has 1 aliphatic rings. The largest absolute Gasteiger partial charge is 0.244 e. The molecule has 2 rings (SSSR count). The molecule has 0 spiro atoms. The molecule has 0 unspecified atom stereocenters. The summed E-state index contributed by atoms with van der Waals surface area (Å²) in [5, 5.41) is 0.516. The minimum absolute atomic E-state index is 0.0820. The second kappa shape index (κ2) is 6.63. The molecule has 0 saturated heterocycles. The summed E-state index contributed by atoms with van der Waals surface area (Å²) in [6, 6.07) is 2.81. The number of rotatable bonds is 6. The average molecular weight is 371 g/mol. The zero-order valence-electron chi connectivity index (χ0n) is 11.9. The summed E-state index contributed by atoms with van der Waals surface area (Å²) in [5.41, 5.74) is 0.566. The molecule has 118 valence electrons. The van der Waals surface area contributed by atoms with Gasteiger partial charge in [-0.2, -0.15) is 4.31 Å². The molecule has 0 amide bonds. The second-order valence-electron chi connectivity index (χ2n) is 5.62. The lowest BCUT2D eigenvalue weighted by molar-refractivity contribution is 0.342. The number of sulfonamides is 1. The minimum atomic E-state index is -3.65. The van der Waals surface area contributed by atoms with Crippen LogP contribution < -0.4 is 0 Å². The molecule has 0 aliphatic heterocycles. The summed E-state index contributed by atoms with van der Waals surface area (Å²) >= 11 is 17.9. The molecule has 1 aliphatic carbocycles. The number of nitrogens with zero attached hydrogens (tertiary/aromatic N) is 1. The van der Waals surface area contributed by atoms with Gasteiger partial charge < -0.3 is 0 Å². The molecule has 0 radical (unpaired) electrons. The molecule has 0 bridgehead atoms. The van der Waals surface area contributed by atoms with E-state index in [4.69, 9.17) is 34.8 Å². The van der Waals surface area contributed by atoms with Crippen molar-refractivity contribution >= 4 is 44.8 Å². The van der Waals surface area contributed by atoms with Crippen molar-refractivity contribution < 1.29 is 8.42 Å². The Morgan fingerprint density at radius 2 is 1.86 bits per heavy atom. The first-order valence-electron chi connectivity index (χ1n) is 6.83. The fraction of sp³-hybridized carbons (Fsp3) is 0.571. The van der Waals surface area contributed by atoms with Crippen LogP contribution in [0.3, 0.4) is 0 Å². The van der Waals surface area contributed by atoms with Crippen molar-refractivity contribution in [1.82, 2.24) is 4.31 Å². The van der Waals surface area contributed by atoms with Crippen molar-refractivity contribution in [2.45, 2.75) is 43.5 Å². The Labute approximate surface area is 141 Å². The quantitative estimate of drug-likeness (QED) is 0.689. The van der Waals surface area contributed by atoms with Crippen LogP contribution in [0.15, 0.2) is 17.0 Å². The summed E-state index contributed by atoms with van der Waals surface area (Å²) < 4.78 is 27.3. The highest BCUT2D eigenvalue weighted by Crippen LogP contribution is 2.35. The summed E-state index contributed by atoms with van der Waals surface area (Å²) in [5.74, 6) is 0.601. The lowest BCUT2D eigenvalue weighted by Gasteiger charge is -2.26. The van der Waals surface area contributed by atoms with Gasteiger partial charge in [-0.3, -0.25) is 0 Å². The molecule has 0 aromatic heterocycles. The highest BCUT2D eigenvalue weighted by atomic mass is 35.5. The lowest BCUT2D eigenvalue weighted by atomic mass is 10.2.